The molecule has 0 radical (unpaired) electrons. The van der Waals surface area contributed by atoms with Crippen LogP contribution in [0.3, 0.4) is 0 Å². The van der Waals surface area contributed by atoms with Crippen LogP contribution in [0, 0.1) is 5.92 Å². The van der Waals surface area contributed by atoms with E-state index in [1.807, 2.05) is 25.7 Å². The molecule has 1 amide bonds. The molecule has 17 heavy (non-hydrogen) atoms. The highest BCUT2D eigenvalue weighted by Crippen LogP contribution is 2.05. The molecule has 1 heterocycles. The van der Waals surface area contributed by atoms with Crippen LogP contribution >= 0.6 is 0 Å². The summed E-state index contributed by atoms with van der Waals surface area (Å²) in [5, 5.41) is 12.3. The molecule has 1 rings (SSSR count). The minimum absolute atomic E-state index is 0.116. The van der Waals surface area contributed by atoms with Crippen LogP contribution in [-0.2, 0) is 9.53 Å². The van der Waals surface area contributed by atoms with Gasteiger partial charge in [-0.15, -0.1) is 0 Å². The van der Waals surface area contributed by atoms with E-state index < -0.39 is 0 Å². The Morgan fingerprint density at radius 1 is 1.35 bits per heavy atom. The Hall–Kier alpha value is -0.650. The van der Waals surface area contributed by atoms with Crippen molar-refractivity contribution in [2.45, 2.75) is 32.9 Å². The monoisotopic (exact) mass is 244 g/mol. The lowest BCUT2D eigenvalue weighted by atomic mass is 10.0. The number of rotatable bonds is 5. The van der Waals surface area contributed by atoms with Gasteiger partial charge in [-0.1, -0.05) is 6.92 Å². The molecule has 1 aliphatic rings. The SMILES string of the molecule is CC(NC(C)C(C)CO)C(=O)N1CCOCC1. The highest BCUT2D eigenvalue weighted by Gasteiger charge is 2.24. The predicted molar refractivity (Wildman–Crippen MR) is 65.7 cm³/mol. The van der Waals surface area contributed by atoms with Crippen LogP contribution in [-0.4, -0.2) is 60.9 Å². The Bertz CT molecular complexity index is 242. The molecule has 5 heteroatoms. The van der Waals surface area contributed by atoms with Crippen molar-refractivity contribution in [2.24, 2.45) is 5.92 Å². The number of aliphatic hydroxyl groups is 1. The molecule has 0 aromatic rings. The largest absolute Gasteiger partial charge is 0.396 e. The molecule has 0 aromatic carbocycles. The van der Waals surface area contributed by atoms with Gasteiger partial charge >= 0.3 is 0 Å². The van der Waals surface area contributed by atoms with Crippen LogP contribution in [0.15, 0.2) is 0 Å². The van der Waals surface area contributed by atoms with Gasteiger partial charge < -0.3 is 20.1 Å². The second-order valence-corrected chi connectivity index (χ2v) is 4.77. The van der Waals surface area contributed by atoms with Gasteiger partial charge in [-0.2, -0.15) is 0 Å². The third-order valence-corrected chi connectivity index (χ3v) is 3.35. The average Bonchev–Trinajstić information content (AvgIpc) is 2.37. The van der Waals surface area contributed by atoms with Crippen LogP contribution in [0.4, 0.5) is 0 Å². The molecule has 0 aliphatic carbocycles. The summed E-state index contributed by atoms with van der Waals surface area (Å²) in [4.78, 5) is 13.9. The van der Waals surface area contributed by atoms with Gasteiger partial charge in [0, 0.05) is 25.7 Å². The summed E-state index contributed by atoms with van der Waals surface area (Å²) in [6.45, 7) is 8.56. The summed E-state index contributed by atoms with van der Waals surface area (Å²) in [6, 6.07) is -0.0860. The standard InChI is InChI=1S/C12H24N2O3/c1-9(8-15)10(2)13-11(3)12(16)14-4-6-17-7-5-14/h9-11,13,15H,4-8H2,1-3H3. The molecule has 0 saturated carbocycles. The molecule has 0 bridgehead atoms. The zero-order chi connectivity index (χ0) is 12.8. The van der Waals surface area contributed by atoms with E-state index in [4.69, 9.17) is 9.84 Å². The van der Waals surface area contributed by atoms with Crippen molar-refractivity contribution in [3.05, 3.63) is 0 Å². The first-order valence-electron chi connectivity index (χ1n) is 6.29. The highest BCUT2D eigenvalue weighted by atomic mass is 16.5. The number of ether oxygens (including phenoxy) is 1. The van der Waals surface area contributed by atoms with Crippen LogP contribution in [0.1, 0.15) is 20.8 Å². The Morgan fingerprint density at radius 3 is 2.47 bits per heavy atom. The lowest BCUT2D eigenvalue weighted by molar-refractivity contribution is -0.137. The van der Waals surface area contributed by atoms with Crippen molar-refractivity contribution in [3.8, 4) is 0 Å². The highest BCUT2D eigenvalue weighted by molar-refractivity contribution is 5.81. The Labute approximate surface area is 103 Å². The maximum atomic E-state index is 12.1. The van der Waals surface area contributed by atoms with Crippen molar-refractivity contribution >= 4 is 5.91 Å². The first kappa shape index (κ1) is 14.4. The second-order valence-electron chi connectivity index (χ2n) is 4.77. The molecule has 3 unspecified atom stereocenters. The fourth-order valence-electron chi connectivity index (χ4n) is 1.85. The zero-order valence-corrected chi connectivity index (χ0v) is 11.0. The summed E-state index contributed by atoms with van der Waals surface area (Å²) < 4.78 is 5.22. The van der Waals surface area contributed by atoms with E-state index in [0.717, 1.165) is 0 Å². The fraction of sp³-hybridized carbons (Fsp3) is 0.917. The molecule has 0 aromatic heterocycles. The van der Waals surface area contributed by atoms with Crippen molar-refractivity contribution in [3.63, 3.8) is 0 Å². The molecule has 1 fully saturated rings. The van der Waals surface area contributed by atoms with Crippen LogP contribution in [0.2, 0.25) is 0 Å². The third kappa shape index (κ3) is 4.26. The molecule has 1 aliphatic heterocycles. The van der Waals surface area contributed by atoms with E-state index in [-0.39, 0.29) is 30.5 Å². The number of carbonyl (C=O) groups excluding carboxylic acids is 1. The van der Waals surface area contributed by atoms with E-state index in [2.05, 4.69) is 5.32 Å². The molecule has 5 nitrogen and oxygen atoms in total. The molecule has 3 atom stereocenters. The fourth-order valence-corrected chi connectivity index (χ4v) is 1.85. The number of hydrogen-bond acceptors (Lipinski definition) is 4. The molecule has 0 spiro atoms. The quantitative estimate of drug-likeness (QED) is 0.705. The van der Waals surface area contributed by atoms with Crippen molar-refractivity contribution in [2.75, 3.05) is 32.9 Å². The summed E-state index contributed by atoms with van der Waals surface area (Å²) in [7, 11) is 0. The third-order valence-electron chi connectivity index (χ3n) is 3.35. The minimum Gasteiger partial charge on any atom is -0.396 e. The number of aliphatic hydroxyl groups excluding tert-OH is 1. The van der Waals surface area contributed by atoms with Gasteiger partial charge in [0.25, 0.3) is 0 Å². The van der Waals surface area contributed by atoms with Crippen molar-refractivity contribution in [1.82, 2.24) is 10.2 Å². The van der Waals surface area contributed by atoms with E-state index in [0.29, 0.717) is 26.3 Å². The molecule has 2 N–H and O–H groups in total. The van der Waals surface area contributed by atoms with E-state index in [1.165, 1.54) is 0 Å². The number of carbonyl (C=O) groups is 1. The topological polar surface area (TPSA) is 61.8 Å². The Kier molecular flexibility index (Phi) is 5.88. The lowest BCUT2D eigenvalue weighted by Gasteiger charge is -2.31. The second kappa shape index (κ2) is 6.93. The first-order valence-corrected chi connectivity index (χ1v) is 6.29. The van der Waals surface area contributed by atoms with Crippen LogP contribution < -0.4 is 5.32 Å². The molecular weight excluding hydrogens is 220 g/mol. The normalized spacial score (nSPS) is 22.0. The van der Waals surface area contributed by atoms with Gasteiger partial charge in [0.1, 0.15) is 0 Å². The number of hydrogen-bond donors (Lipinski definition) is 2. The molecule has 1 saturated heterocycles. The van der Waals surface area contributed by atoms with Gasteiger partial charge in [-0.3, -0.25) is 4.79 Å². The Morgan fingerprint density at radius 2 is 1.94 bits per heavy atom. The average molecular weight is 244 g/mol. The van der Waals surface area contributed by atoms with E-state index in [1.54, 1.807) is 0 Å². The van der Waals surface area contributed by atoms with Crippen LogP contribution in [0.25, 0.3) is 0 Å². The lowest BCUT2D eigenvalue weighted by Crippen LogP contribution is -2.52. The number of amides is 1. The van der Waals surface area contributed by atoms with Crippen molar-refractivity contribution in [1.29, 1.82) is 0 Å². The maximum Gasteiger partial charge on any atom is 0.239 e. The zero-order valence-electron chi connectivity index (χ0n) is 11.0. The maximum absolute atomic E-state index is 12.1. The smallest absolute Gasteiger partial charge is 0.239 e. The van der Waals surface area contributed by atoms with Gasteiger partial charge in [0.2, 0.25) is 5.91 Å². The summed E-state index contributed by atoms with van der Waals surface area (Å²) >= 11 is 0. The van der Waals surface area contributed by atoms with Crippen molar-refractivity contribution < 1.29 is 14.6 Å². The first-order chi connectivity index (χ1) is 8.06. The number of nitrogens with one attached hydrogen (secondary N) is 1. The summed E-state index contributed by atoms with van der Waals surface area (Å²) in [6.07, 6.45) is 0. The predicted octanol–water partition coefficient (Wildman–Crippen LogP) is -0.160. The van der Waals surface area contributed by atoms with E-state index in [9.17, 15) is 4.79 Å². The van der Waals surface area contributed by atoms with Gasteiger partial charge in [-0.05, 0) is 19.8 Å². The summed E-state index contributed by atoms with van der Waals surface area (Å²) in [5.74, 6) is 0.264. The molecular formula is C12H24N2O3. The number of morpholine rings is 1. The summed E-state index contributed by atoms with van der Waals surface area (Å²) in [5.41, 5.74) is 0. The van der Waals surface area contributed by atoms with Gasteiger partial charge in [0.05, 0.1) is 19.3 Å². The van der Waals surface area contributed by atoms with E-state index >= 15 is 0 Å². The Balaban J connectivity index is 2.40. The minimum atomic E-state index is -0.211. The number of nitrogens with zero attached hydrogens (tertiary/aromatic N) is 1. The van der Waals surface area contributed by atoms with Gasteiger partial charge in [-0.25, -0.2) is 0 Å². The van der Waals surface area contributed by atoms with Gasteiger partial charge in [0.15, 0.2) is 0 Å². The van der Waals surface area contributed by atoms with Crippen LogP contribution in [0.5, 0.6) is 0 Å². The molecule has 100 valence electrons.